The van der Waals surface area contributed by atoms with Gasteiger partial charge in [-0.2, -0.15) is 0 Å². The Kier molecular flexibility index (Phi) is 12.7. The van der Waals surface area contributed by atoms with Crippen molar-refractivity contribution in [1.29, 1.82) is 0 Å². The molecule has 1 atom stereocenters. The fraction of sp³-hybridized carbons (Fsp3) is 1.00. The van der Waals surface area contributed by atoms with Crippen LogP contribution in [0, 0.1) is 11.8 Å². The maximum Gasteiger partial charge on any atom is 0.232 e. The minimum absolute atomic E-state index is 0.0690. The molecule has 0 fully saturated rings. The normalized spacial score (nSPS) is 13.8. The lowest BCUT2D eigenvalue weighted by Gasteiger charge is -2.19. The van der Waals surface area contributed by atoms with Crippen molar-refractivity contribution in [2.45, 2.75) is 13.8 Å². The fourth-order valence-electron chi connectivity index (χ4n) is 1.51. The number of hydrogen-bond donors (Lipinski definition) is 0. The molecule has 0 radical (unpaired) electrons. The lowest BCUT2D eigenvalue weighted by atomic mass is 9.99. The lowest BCUT2D eigenvalue weighted by Crippen LogP contribution is -2.24. The summed E-state index contributed by atoms with van der Waals surface area (Å²) in [6, 6.07) is 0. The van der Waals surface area contributed by atoms with E-state index in [1.165, 1.54) is 0 Å². The third-order valence-electron chi connectivity index (χ3n) is 2.86. The average molecular weight is 347 g/mol. The highest BCUT2D eigenvalue weighted by atomic mass is 35.7. The fourth-order valence-corrected chi connectivity index (χ4v) is 2.98. The number of ether oxygens (including phenoxy) is 4. The summed E-state index contributed by atoms with van der Waals surface area (Å²) in [5.74, 6) is 0.0129. The number of hydrogen-bond acceptors (Lipinski definition) is 6. The molecule has 0 aromatic heterocycles. The van der Waals surface area contributed by atoms with Crippen LogP contribution in [-0.2, 0) is 28.0 Å². The van der Waals surface area contributed by atoms with Crippen molar-refractivity contribution in [1.82, 2.24) is 0 Å². The topological polar surface area (TPSA) is 71.1 Å². The van der Waals surface area contributed by atoms with Crippen LogP contribution in [0.15, 0.2) is 0 Å². The zero-order chi connectivity index (χ0) is 16.1. The van der Waals surface area contributed by atoms with Gasteiger partial charge in [0.05, 0.1) is 52.0 Å². The maximum atomic E-state index is 11.1. The minimum atomic E-state index is -3.50. The predicted molar refractivity (Wildman–Crippen MR) is 82.3 cm³/mol. The molecule has 0 saturated heterocycles. The van der Waals surface area contributed by atoms with Crippen molar-refractivity contribution in [2.24, 2.45) is 11.8 Å². The molecule has 0 aliphatic carbocycles. The molecule has 8 heteroatoms. The number of halogens is 1. The van der Waals surface area contributed by atoms with Gasteiger partial charge in [-0.3, -0.25) is 0 Å². The first-order chi connectivity index (χ1) is 9.87. The molecule has 128 valence electrons. The summed E-state index contributed by atoms with van der Waals surface area (Å²) in [6.07, 6.45) is 0. The zero-order valence-corrected chi connectivity index (χ0v) is 14.6. The molecule has 1 unspecified atom stereocenters. The van der Waals surface area contributed by atoms with E-state index in [1.807, 2.05) is 13.8 Å². The second-order valence-corrected chi connectivity index (χ2v) is 7.82. The lowest BCUT2D eigenvalue weighted by molar-refractivity contribution is -0.00262. The van der Waals surface area contributed by atoms with E-state index in [1.54, 1.807) is 7.11 Å². The van der Waals surface area contributed by atoms with Crippen LogP contribution in [0.5, 0.6) is 0 Å². The van der Waals surface area contributed by atoms with Crippen LogP contribution >= 0.6 is 10.7 Å². The number of methoxy groups -OCH3 is 1. The highest BCUT2D eigenvalue weighted by molar-refractivity contribution is 8.13. The molecule has 0 rings (SSSR count). The highest BCUT2D eigenvalue weighted by Gasteiger charge is 2.20. The van der Waals surface area contributed by atoms with Crippen LogP contribution in [0.1, 0.15) is 13.8 Å². The first-order valence-corrected chi connectivity index (χ1v) is 9.49. The summed E-state index contributed by atoms with van der Waals surface area (Å²) in [6.45, 7) is 7.27. The molecule has 6 nitrogen and oxygen atoms in total. The molecule has 21 heavy (non-hydrogen) atoms. The van der Waals surface area contributed by atoms with Crippen LogP contribution < -0.4 is 0 Å². The van der Waals surface area contributed by atoms with Gasteiger partial charge < -0.3 is 18.9 Å². The van der Waals surface area contributed by atoms with Crippen molar-refractivity contribution in [3.8, 4) is 0 Å². The van der Waals surface area contributed by atoms with Gasteiger partial charge in [-0.1, -0.05) is 13.8 Å². The molecule has 0 heterocycles. The van der Waals surface area contributed by atoms with Crippen molar-refractivity contribution in [3.05, 3.63) is 0 Å². The third kappa shape index (κ3) is 14.8. The Hall–Kier alpha value is 0.0800. The summed E-state index contributed by atoms with van der Waals surface area (Å²) in [7, 11) is 3.40. The number of rotatable bonds is 14. The minimum Gasteiger partial charge on any atom is -0.382 e. The zero-order valence-electron chi connectivity index (χ0n) is 13.0. The Bertz CT molecular complexity index is 334. The molecule has 0 bridgehead atoms. The highest BCUT2D eigenvalue weighted by Crippen LogP contribution is 2.16. The van der Waals surface area contributed by atoms with E-state index in [0.717, 1.165) is 0 Å². The quantitative estimate of drug-likeness (QED) is 0.351. The van der Waals surface area contributed by atoms with Crippen molar-refractivity contribution >= 4 is 19.7 Å². The van der Waals surface area contributed by atoms with E-state index in [0.29, 0.717) is 46.2 Å². The summed E-state index contributed by atoms with van der Waals surface area (Å²) in [5, 5.41) is 0. The van der Waals surface area contributed by atoms with E-state index in [-0.39, 0.29) is 17.6 Å². The van der Waals surface area contributed by atoms with Gasteiger partial charge in [0.1, 0.15) is 0 Å². The molecular weight excluding hydrogens is 320 g/mol. The molecule has 0 aliphatic rings. The standard InChI is InChI=1S/C13H27ClO6S/c1-12(2)13(11-21(14,15)16)10-20-9-8-19-7-6-18-5-4-17-3/h12-13H,4-11H2,1-3H3. The van der Waals surface area contributed by atoms with E-state index >= 15 is 0 Å². The second-order valence-electron chi connectivity index (χ2n) is 5.00. The monoisotopic (exact) mass is 346 g/mol. The van der Waals surface area contributed by atoms with Gasteiger partial charge in [0.2, 0.25) is 9.05 Å². The smallest absolute Gasteiger partial charge is 0.232 e. The van der Waals surface area contributed by atoms with Crippen LogP contribution in [0.3, 0.4) is 0 Å². The van der Waals surface area contributed by atoms with E-state index < -0.39 is 9.05 Å². The molecular formula is C13H27ClO6S. The van der Waals surface area contributed by atoms with Crippen LogP contribution in [0.25, 0.3) is 0 Å². The van der Waals surface area contributed by atoms with Gasteiger partial charge >= 0.3 is 0 Å². The Morgan fingerprint density at radius 2 is 1.38 bits per heavy atom. The van der Waals surface area contributed by atoms with Crippen LogP contribution in [0.2, 0.25) is 0 Å². The maximum absolute atomic E-state index is 11.1. The first-order valence-electron chi connectivity index (χ1n) is 7.01. The first kappa shape index (κ1) is 21.1. The van der Waals surface area contributed by atoms with Crippen molar-refractivity contribution in [3.63, 3.8) is 0 Å². The Morgan fingerprint density at radius 1 is 0.905 bits per heavy atom. The molecule has 0 spiro atoms. The van der Waals surface area contributed by atoms with E-state index in [2.05, 4.69) is 0 Å². The third-order valence-corrected chi connectivity index (χ3v) is 4.07. The Balaban J connectivity index is 3.55. The van der Waals surface area contributed by atoms with Crippen molar-refractivity contribution in [2.75, 3.05) is 59.1 Å². The predicted octanol–water partition coefficient (Wildman–Crippen LogP) is 1.52. The van der Waals surface area contributed by atoms with Crippen molar-refractivity contribution < 1.29 is 27.4 Å². The molecule has 0 amide bonds. The average Bonchev–Trinajstić information content (AvgIpc) is 2.38. The Labute approximate surface area is 132 Å². The van der Waals surface area contributed by atoms with Gasteiger partial charge in [0, 0.05) is 17.8 Å². The van der Waals surface area contributed by atoms with Gasteiger partial charge in [0.15, 0.2) is 0 Å². The van der Waals surface area contributed by atoms with Gasteiger partial charge in [0.25, 0.3) is 0 Å². The summed E-state index contributed by atoms with van der Waals surface area (Å²) in [5.41, 5.74) is 0. The van der Waals surface area contributed by atoms with Crippen LogP contribution in [-0.4, -0.2) is 67.5 Å². The Morgan fingerprint density at radius 3 is 1.81 bits per heavy atom. The molecule has 0 aliphatic heterocycles. The largest absolute Gasteiger partial charge is 0.382 e. The summed E-state index contributed by atoms with van der Waals surface area (Å²) in [4.78, 5) is 0. The SMILES string of the molecule is COCCOCCOCCOCC(CS(=O)(=O)Cl)C(C)C. The molecule has 0 N–H and O–H groups in total. The van der Waals surface area contributed by atoms with Gasteiger partial charge in [-0.25, -0.2) is 8.42 Å². The van der Waals surface area contributed by atoms with Crippen LogP contribution in [0.4, 0.5) is 0 Å². The van der Waals surface area contributed by atoms with Gasteiger partial charge in [-0.15, -0.1) is 0 Å². The van der Waals surface area contributed by atoms with E-state index in [4.69, 9.17) is 29.6 Å². The summed E-state index contributed by atoms with van der Waals surface area (Å²) < 4.78 is 43.0. The second kappa shape index (κ2) is 12.6. The molecule has 0 saturated carbocycles. The molecule has 0 aromatic rings. The summed E-state index contributed by atoms with van der Waals surface area (Å²) >= 11 is 0. The van der Waals surface area contributed by atoms with E-state index in [9.17, 15) is 8.42 Å². The molecule has 0 aromatic carbocycles. The van der Waals surface area contributed by atoms with Gasteiger partial charge in [-0.05, 0) is 11.8 Å².